The third-order valence-corrected chi connectivity index (χ3v) is 5.89. The number of thioether (sulfide) groups is 1. The Balaban J connectivity index is 1.57. The summed E-state index contributed by atoms with van der Waals surface area (Å²) in [7, 11) is 0. The van der Waals surface area contributed by atoms with Gasteiger partial charge < -0.3 is 10.1 Å². The Morgan fingerprint density at radius 2 is 2.11 bits per heavy atom. The third kappa shape index (κ3) is 4.50. The van der Waals surface area contributed by atoms with E-state index in [2.05, 4.69) is 15.5 Å². The lowest BCUT2D eigenvalue weighted by molar-refractivity contribution is -0.120. The minimum atomic E-state index is -0.288. The van der Waals surface area contributed by atoms with Crippen molar-refractivity contribution in [2.24, 2.45) is 0 Å². The number of benzene rings is 1. The van der Waals surface area contributed by atoms with Crippen molar-refractivity contribution in [2.45, 2.75) is 61.7 Å². The Labute approximate surface area is 161 Å². The largest absolute Gasteiger partial charge is 0.376 e. The van der Waals surface area contributed by atoms with Crippen molar-refractivity contribution in [3.8, 4) is 11.4 Å². The summed E-state index contributed by atoms with van der Waals surface area (Å²) in [5.74, 6) is 0.407. The summed E-state index contributed by atoms with van der Waals surface area (Å²) in [6.07, 6.45) is 4.26. The fraction of sp³-hybridized carbons (Fsp3) is 0.526. The van der Waals surface area contributed by atoms with Crippen LogP contribution in [-0.2, 0) is 16.1 Å². The molecule has 2 aromatic rings. The number of hydrogen-bond acceptors (Lipinski definition) is 5. The Bertz CT molecular complexity index is 801. The first-order chi connectivity index (χ1) is 13.1. The number of carbonyl (C=O) groups is 1. The molecule has 27 heavy (non-hydrogen) atoms. The van der Waals surface area contributed by atoms with Crippen LogP contribution in [0.15, 0.2) is 29.4 Å². The van der Waals surface area contributed by atoms with E-state index in [1.165, 1.54) is 23.9 Å². The smallest absolute Gasteiger partial charge is 0.233 e. The number of halogens is 1. The first-order valence-corrected chi connectivity index (χ1v) is 10.3. The second-order valence-electron chi connectivity index (χ2n) is 7.10. The van der Waals surface area contributed by atoms with Gasteiger partial charge in [0, 0.05) is 18.2 Å². The second kappa shape index (κ2) is 7.98. The number of ether oxygens (including phenoxy) is 1. The van der Waals surface area contributed by atoms with E-state index in [0.717, 1.165) is 37.9 Å². The maximum absolute atomic E-state index is 13.3. The Morgan fingerprint density at radius 3 is 2.78 bits per heavy atom. The first-order valence-electron chi connectivity index (χ1n) is 9.38. The monoisotopic (exact) mass is 390 g/mol. The Kier molecular flexibility index (Phi) is 5.45. The first kappa shape index (κ1) is 18.4. The SMILES string of the molecule is C[C@@H](Sc1nnc(-c2ccc(F)cc2)n1C[C@H]1CCCO1)C(=O)NC1CC1. The number of nitrogens with one attached hydrogen (secondary N) is 1. The zero-order valence-corrected chi connectivity index (χ0v) is 16.0. The molecule has 1 N–H and O–H groups in total. The van der Waals surface area contributed by atoms with Crippen molar-refractivity contribution in [2.75, 3.05) is 6.61 Å². The van der Waals surface area contributed by atoms with Gasteiger partial charge in [0.25, 0.3) is 0 Å². The van der Waals surface area contributed by atoms with Crippen LogP contribution in [0, 0.1) is 5.82 Å². The molecule has 1 saturated heterocycles. The summed E-state index contributed by atoms with van der Waals surface area (Å²) in [5, 5.41) is 12.1. The highest BCUT2D eigenvalue weighted by atomic mass is 32.2. The summed E-state index contributed by atoms with van der Waals surface area (Å²) in [5.41, 5.74) is 0.795. The van der Waals surface area contributed by atoms with E-state index in [1.54, 1.807) is 12.1 Å². The van der Waals surface area contributed by atoms with Gasteiger partial charge in [-0.25, -0.2) is 4.39 Å². The number of carbonyl (C=O) groups excluding carboxylic acids is 1. The molecule has 0 radical (unpaired) electrons. The lowest BCUT2D eigenvalue weighted by Gasteiger charge is -2.16. The van der Waals surface area contributed by atoms with Gasteiger partial charge in [-0.3, -0.25) is 9.36 Å². The molecule has 8 heteroatoms. The predicted molar refractivity (Wildman–Crippen MR) is 101 cm³/mol. The van der Waals surface area contributed by atoms with E-state index >= 15 is 0 Å². The van der Waals surface area contributed by atoms with Crippen LogP contribution in [0.1, 0.15) is 32.6 Å². The average Bonchev–Trinajstić information content (AvgIpc) is 3.16. The summed E-state index contributed by atoms with van der Waals surface area (Å²) in [6, 6.07) is 6.56. The molecule has 6 nitrogen and oxygen atoms in total. The Hall–Kier alpha value is -1.93. The summed E-state index contributed by atoms with van der Waals surface area (Å²) in [4.78, 5) is 12.3. The van der Waals surface area contributed by atoms with Crippen LogP contribution in [0.5, 0.6) is 0 Å². The summed E-state index contributed by atoms with van der Waals surface area (Å²) < 4.78 is 21.1. The van der Waals surface area contributed by atoms with Crippen LogP contribution < -0.4 is 5.32 Å². The fourth-order valence-electron chi connectivity index (χ4n) is 3.10. The highest BCUT2D eigenvalue weighted by Gasteiger charge is 2.28. The molecule has 0 unspecified atom stereocenters. The third-order valence-electron chi connectivity index (χ3n) is 4.80. The quantitative estimate of drug-likeness (QED) is 0.736. The van der Waals surface area contributed by atoms with Gasteiger partial charge in [0.15, 0.2) is 11.0 Å². The van der Waals surface area contributed by atoms with Crippen LogP contribution in [-0.4, -0.2) is 44.7 Å². The van der Waals surface area contributed by atoms with E-state index < -0.39 is 0 Å². The highest BCUT2D eigenvalue weighted by molar-refractivity contribution is 8.00. The van der Waals surface area contributed by atoms with Gasteiger partial charge in [-0.2, -0.15) is 0 Å². The van der Waals surface area contributed by atoms with E-state index in [0.29, 0.717) is 23.6 Å². The number of nitrogens with zero attached hydrogens (tertiary/aromatic N) is 3. The maximum Gasteiger partial charge on any atom is 0.233 e. The number of amides is 1. The minimum absolute atomic E-state index is 0.0255. The minimum Gasteiger partial charge on any atom is -0.376 e. The molecule has 0 spiro atoms. The van der Waals surface area contributed by atoms with Crippen LogP contribution in [0.2, 0.25) is 0 Å². The molecule has 2 atom stereocenters. The van der Waals surface area contributed by atoms with E-state index in [1.807, 2.05) is 11.5 Å². The zero-order chi connectivity index (χ0) is 18.8. The topological polar surface area (TPSA) is 69.0 Å². The molecule has 1 aliphatic carbocycles. The number of hydrogen-bond donors (Lipinski definition) is 1. The molecule has 2 heterocycles. The van der Waals surface area contributed by atoms with Crippen molar-refractivity contribution >= 4 is 17.7 Å². The van der Waals surface area contributed by atoms with Crippen LogP contribution >= 0.6 is 11.8 Å². The summed E-state index contributed by atoms with van der Waals surface area (Å²) in [6.45, 7) is 3.27. The average molecular weight is 390 g/mol. The lowest BCUT2D eigenvalue weighted by atomic mass is 10.2. The summed E-state index contributed by atoms with van der Waals surface area (Å²) >= 11 is 1.40. The number of aromatic nitrogens is 3. The molecule has 1 aromatic heterocycles. The standard InChI is InChI=1S/C19H23FN4O2S/c1-12(18(25)21-15-8-9-15)27-19-23-22-17(13-4-6-14(20)7-5-13)24(19)11-16-3-2-10-26-16/h4-7,12,15-16H,2-3,8-11H2,1H3,(H,21,25)/t12-,16-/m1/s1. The van der Waals surface area contributed by atoms with Gasteiger partial charge in [-0.15, -0.1) is 10.2 Å². The molecule has 1 saturated carbocycles. The van der Waals surface area contributed by atoms with Gasteiger partial charge in [-0.1, -0.05) is 11.8 Å². The predicted octanol–water partition coefficient (Wildman–Crippen LogP) is 3.02. The molecule has 0 bridgehead atoms. The highest BCUT2D eigenvalue weighted by Crippen LogP contribution is 2.29. The molecule has 1 amide bonds. The van der Waals surface area contributed by atoms with Crippen LogP contribution in [0.4, 0.5) is 4.39 Å². The second-order valence-corrected chi connectivity index (χ2v) is 8.41. The molecule has 144 valence electrons. The lowest BCUT2D eigenvalue weighted by Crippen LogP contribution is -2.32. The van der Waals surface area contributed by atoms with Gasteiger partial charge in [0.1, 0.15) is 5.82 Å². The van der Waals surface area contributed by atoms with Gasteiger partial charge in [0.05, 0.1) is 17.9 Å². The van der Waals surface area contributed by atoms with E-state index in [-0.39, 0.29) is 23.1 Å². The maximum atomic E-state index is 13.3. The number of rotatable bonds is 7. The molecule has 1 aromatic carbocycles. The van der Waals surface area contributed by atoms with E-state index in [4.69, 9.17) is 4.74 Å². The van der Waals surface area contributed by atoms with Crippen molar-refractivity contribution < 1.29 is 13.9 Å². The normalized spacial score (nSPS) is 20.6. The van der Waals surface area contributed by atoms with Gasteiger partial charge in [0.2, 0.25) is 5.91 Å². The van der Waals surface area contributed by atoms with Crippen molar-refractivity contribution in [3.05, 3.63) is 30.1 Å². The van der Waals surface area contributed by atoms with Gasteiger partial charge in [-0.05, 0) is 56.9 Å². The molecular weight excluding hydrogens is 367 g/mol. The van der Waals surface area contributed by atoms with Crippen molar-refractivity contribution in [1.82, 2.24) is 20.1 Å². The van der Waals surface area contributed by atoms with Crippen molar-refractivity contribution in [1.29, 1.82) is 0 Å². The molecular formula is C19H23FN4O2S. The molecule has 1 aliphatic heterocycles. The molecule has 2 aliphatic rings. The zero-order valence-electron chi connectivity index (χ0n) is 15.2. The Morgan fingerprint density at radius 1 is 1.33 bits per heavy atom. The molecule has 4 rings (SSSR count). The molecule has 2 fully saturated rings. The van der Waals surface area contributed by atoms with E-state index in [9.17, 15) is 9.18 Å². The van der Waals surface area contributed by atoms with Gasteiger partial charge >= 0.3 is 0 Å². The van der Waals surface area contributed by atoms with Crippen LogP contribution in [0.3, 0.4) is 0 Å². The fourth-order valence-corrected chi connectivity index (χ4v) is 3.97. The van der Waals surface area contributed by atoms with Crippen LogP contribution in [0.25, 0.3) is 11.4 Å². The van der Waals surface area contributed by atoms with Crippen molar-refractivity contribution in [3.63, 3.8) is 0 Å².